The molecular formula is C15H24N2O3S. The van der Waals surface area contributed by atoms with Gasteiger partial charge in [0.05, 0.1) is 7.11 Å². The predicted octanol–water partition coefficient (Wildman–Crippen LogP) is 1.86. The molecule has 2 rings (SSSR count). The van der Waals surface area contributed by atoms with Crippen LogP contribution in [0.15, 0.2) is 17.0 Å². The Hall–Kier alpha value is -1.11. The summed E-state index contributed by atoms with van der Waals surface area (Å²) >= 11 is 0. The Morgan fingerprint density at radius 1 is 1.29 bits per heavy atom. The van der Waals surface area contributed by atoms with E-state index in [0.29, 0.717) is 12.3 Å². The zero-order chi connectivity index (χ0) is 15.7. The van der Waals surface area contributed by atoms with Gasteiger partial charge in [-0.1, -0.05) is 18.9 Å². The first-order valence-electron chi connectivity index (χ1n) is 7.23. The molecule has 1 aromatic rings. The molecule has 0 bridgehead atoms. The van der Waals surface area contributed by atoms with E-state index in [1.54, 1.807) is 6.07 Å². The van der Waals surface area contributed by atoms with Crippen LogP contribution in [0.1, 0.15) is 36.8 Å². The Morgan fingerprint density at radius 3 is 2.43 bits per heavy atom. The molecule has 21 heavy (non-hydrogen) atoms. The first-order valence-corrected chi connectivity index (χ1v) is 8.71. The van der Waals surface area contributed by atoms with Crippen molar-refractivity contribution in [3.63, 3.8) is 0 Å². The fraction of sp³-hybridized carbons (Fsp3) is 0.600. The van der Waals surface area contributed by atoms with Crippen molar-refractivity contribution in [3.05, 3.63) is 23.3 Å². The van der Waals surface area contributed by atoms with Gasteiger partial charge in [-0.3, -0.25) is 0 Å². The van der Waals surface area contributed by atoms with Gasteiger partial charge in [-0.2, -0.15) is 0 Å². The molecule has 1 aliphatic rings. The lowest BCUT2D eigenvalue weighted by Crippen LogP contribution is -2.51. The third-order valence-electron chi connectivity index (χ3n) is 4.18. The summed E-state index contributed by atoms with van der Waals surface area (Å²) in [5.41, 5.74) is 7.02. The van der Waals surface area contributed by atoms with Gasteiger partial charge in [-0.05, 0) is 43.9 Å². The normalized spacial score (nSPS) is 17.9. The lowest BCUT2D eigenvalue weighted by atomic mass is 10.0. The number of ether oxygens (including phenoxy) is 1. The summed E-state index contributed by atoms with van der Waals surface area (Å²) in [5.74, 6) is 0.401. The van der Waals surface area contributed by atoms with Crippen LogP contribution >= 0.6 is 0 Å². The molecular weight excluding hydrogens is 288 g/mol. The maximum absolute atomic E-state index is 12.8. The van der Waals surface area contributed by atoms with Gasteiger partial charge in [0, 0.05) is 12.1 Å². The molecule has 0 spiro atoms. The van der Waals surface area contributed by atoms with Crippen LogP contribution in [-0.2, 0) is 10.0 Å². The third-order valence-corrected chi connectivity index (χ3v) is 5.76. The van der Waals surface area contributed by atoms with Crippen LogP contribution in [0.4, 0.5) is 0 Å². The van der Waals surface area contributed by atoms with Crippen molar-refractivity contribution < 1.29 is 13.2 Å². The lowest BCUT2D eigenvalue weighted by Gasteiger charge is -2.28. The molecule has 0 aromatic heterocycles. The molecule has 0 atom stereocenters. The Morgan fingerprint density at radius 2 is 1.90 bits per heavy atom. The molecule has 6 heteroatoms. The highest BCUT2D eigenvalue weighted by molar-refractivity contribution is 7.89. The summed E-state index contributed by atoms with van der Waals surface area (Å²) in [7, 11) is -2.17. The number of benzene rings is 1. The third kappa shape index (κ3) is 3.22. The van der Waals surface area contributed by atoms with E-state index in [-0.39, 0.29) is 4.90 Å². The molecule has 3 N–H and O–H groups in total. The number of methoxy groups -OCH3 is 1. The largest absolute Gasteiger partial charge is 0.495 e. The van der Waals surface area contributed by atoms with Crippen molar-refractivity contribution in [1.29, 1.82) is 0 Å². The van der Waals surface area contributed by atoms with E-state index in [2.05, 4.69) is 4.72 Å². The second-order valence-electron chi connectivity index (χ2n) is 5.91. The summed E-state index contributed by atoms with van der Waals surface area (Å²) in [4.78, 5) is 0.197. The van der Waals surface area contributed by atoms with Crippen LogP contribution in [0.3, 0.4) is 0 Å². The van der Waals surface area contributed by atoms with Gasteiger partial charge in [0.25, 0.3) is 0 Å². The van der Waals surface area contributed by atoms with Crippen molar-refractivity contribution in [2.75, 3.05) is 13.7 Å². The number of nitrogens with two attached hydrogens (primary N) is 1. The SMILES string of the molecule is COc1c(C)cc(C)cc1S(=O)(=O)NC1(CN)CCCC1. The Balaban J connectivity index is 2.44. The average Bonchev–Trinajstić information content (AvgIpc) is 2.86. The summed E-state index contributed by atoms with van der Waals surface area (Å²) in [6.07, 6.45) is 3.58. The van der Waals surface area contributed by atoms with Crippen molar-refractivity contribution in [2.45, 2.75) is 50.0 Å². The highest BCUT2D eigenvalue weighted by Crippen LogP contribution is 2.34. The van der Waals surface area contributed by atoms with Gasteiger partial charge in [0.2, 0.25) is 10.0 Å². The molecule has 5 nitrogen and oxygen atoms in total. The maximum Gasteiger partial charge on any atom is 0.244 e. The van der Waals surface area contributed by atoms with Crippen molar-refractivity contribution in [1.82, 2.24) is 4.72 Å². The minimum atomic E-state index is -3.66. The topological polar surface area (TPSA) is 81.4 Å². The van der Waals surface area contributed by atoms with Crippen LogP contribution in [0.25, 0.3) is 0 Å². The van der Waals surface area contributed by atoms with E-state index in [9.17, 15) is 8.42 Å². The highest BCUT2D eigenvalue weighted by atomic mass is 32.2. The van der Waals surface area contributed by atoms with Gasteiger partial charge in [0.15, 0.2) is 0 Å². The second kappa shape index (κ2) is 5.94. The first-order chi connectivity index (χ1) is 9.83. The quantitative estimate of drug-likeness (QED) is 0.869. The Labute approximate surface area is 126 Å². The summed E-state index contributed by atoms with van der Waals surface area (Å²) in [6, 6.07) is 3.56. The summed E-state index contributed by atoms with van der Waals surface area (Å²) in [5, 5.41) is 0. The Kier molecular flexibility index (Phi) is 4.60. The number of aryl methyl sites for hydroxylation is 2. The van der Waals surface area contributed by atoms with Crippen LogP contribution in [0, 0.1) is 13.8 Å². The van der Waals surface area contributed by atoms with Crippen LogP contribution in [-0.4, -0.2) is 27.6 Å². The number of sulfonamides is 1. The molecule has 1 aliphatic carbocycles. The zero-order valence-electron chi connectivity index (χ0n) is 12.9. The standard InChI is InChI=1S/C15H24N2O3S/c1-11-8-12(2)14(20-3)13(9-11)21(18,19)17-15(10-16)6-4-5-7-15/h8-9,17H,4-7,10,16H2,1-3H3. The lowest BCUT2D eigenvalue weighted by molar-refractivity contribution is 0.387. The monoisotopic (exact) mass is 312 g/mol. The minimum absolute atomic E-state index is 0.197. The average molecular weight is 312 g/mol. The number of hydrogen-bond acceptors (Lipinski definition) is 4. The first kappa shape index (κ1) is 16.3. The van der Waals surface area contributed by atoms with Crippen LogP contribution < -0.4 is 15.2 Å². The molecule has 1 aromatic carbocycles. The van der Waals surface area contributed by atoms with E-state index in [4.69, 9.17) is 10.5 Å². The van der Waals surface area contributed by atoms with Crippen molar-refractivity contribution >= 4 is 10.0 Å². The van der Waals surface area contributed by atoms with E-state index in [1.165, 1.54) is 7.11 Å². The van der Waals surface area contributed by atoms with Gasteiger partial charge < -0.3 is 10.5 Å². The van der Waals surface area contributed by atoms with Crippen molar-refractivity contribution in [3.8, 4) is 5.75 Å². The fourth-order valence-electron chi connectivity index (χ4n) is 3.12. The van der Waals surface area contributed by atoms with E-state index in [1.807, 2.05) is 19.9 Å². The number of nitrogens with one attached hydrogen (secondary N) is 1. The van der Waals surface area contributed by atoms with Crippen LogP contribution in [0.5, 0.6) is 5.75 Å². The molecule has 0 unspecified atom stereocenters. The molecule has 0 radical (unpaired) electrons. The van der Waals surface area contributed by atoms with Gasteiger partial charge in [-0.15, -0.1) is 0 Å². The number of rotatable bonds is 5. The molecule has 1 saturated carbocycles. The van der Waals surface area contributed by atoms with Gasteiger partial charge >= 0.3 is 0 Å². The van der Waals surface area contributed by atoms with E-state index >= 15 is 0 Å². The second-order valence-corrected chi connectivity index (χ2v) is 7.56. The summed E-state index contributed by atoms with van der Waals surface area (Å²) < 4.78 is 33.7. The smallest absolute Gasteiger partial charge is 0.244 e. The number of hydrogen-bond donors (Lipinski definition) is 2. The van der Waals surface area contributed by atoms with Crippen molar-refractivity contribution in [2.24, 2.45) is 5.73 Å². The maximum atomic E-state index is 12.8. The van der Waals surface area contributed by atoms with Gasteiger partial charge in [-0.25, -0.2) is 13.1 Å². The fourth-order valence-corrected chi connectivity index (χ4v) is 4.91. The van der Waals surface area contributed by atoms with Gasteiger partial charge in [0.1, 0.15) is 10.6 Å². The molecule has 0 amide bonds. The molecule has 1 fully saturated rings. The Bertz CT molecular complexity index is 620. The molecule has 0 aliphatic heterocycles. The minimum Gasteiger partial charge on any atom is -0.495 e. The highest BCUT2D eigenvalue weighted by Gasteiger charge is 2.37. The zero-order valence-corrected chi connectivity index (χ0v) is 13.7. The summed E-state index contributed by atoms with van der Waals surface area (Å²) in [6.45, 7) is 4.04. The molecule has 118 valence electrons. The molecule has 0 heterocycles. The van der Waals surface area contributed by atoms with E-state index in [0.717, 1.165) is 36.8 Å². The predicted molar refractivity (Wildman–Crippen MR) is 83.0 cm³/mol. The molecule has 0 saturated heterocycles. The van der Waals surface area contributed by atoms with Crippen LogP contribution in [0.2, 0.25) is 0 Å². The van der Waals surface area contributed by atoms with E-state index < -0.39 is 15.6 Å².